The summed E-state index contributed by atoms with van der Waals surface area (Å²) in [5.41, 5.74) is 2.48. The van der Waals surface area contributed by atoms with Crippen molar-refractivity contribution in [1.82, 2.24) is 25.1 Å². The fourth-order valence-electron chi connectivity index (χ4n) is 3.08. The van der Waals surface area contributed by atoms with E-state index in [1.54, 1.807) is 13.2 Å². The third-order valence-electron chi connectivity index (χ3n) is 4.35. The zero-order valence-electron chi connectivity index (χ0n) is 14.6. The number of nitrogens with zero attached hydrogens (tertiary/aromatic N) is 3. The van der Waals surface area contributed by atoms with Crippen molar-refractivity contribution in [1.29, 1.82) is 0 Å². The highest BCUT2D eigenvalue weighted by Crippen LogP contribution is 2.22. The lowest BCUT2D eigenvalue weighted by Gasteiger charge is -2.15. The minimum absolute atomic E-state index is 0.115. The molecule has 0 bridgehead atoms. The summed E-state index contributed by atoms with van der Waals surface area (Å²) in [6.45, 7) is 1.16. The first-order valence-corrected chi connectivity index (χ1v) is 8.31. The van der Waals surface area contributed by atoms with Crippen molar-refractivity contribution in [3.05, 3.63) is 64.3 Å². The van der Waals surface area contributed by atoms with Crippen molar-refractivity contribution in [2.24, 2.45) is 0 Å². The van der Waals surface area contributed by atoms with Gasteiger partial charge >= 0.3 is 0 Å². The minimum atomic E-state index is -0.115. The maximum Gasteiger partial charge on any atom is 0.258 e. The molecule has 0 radical (unpaired) electrons. The molecule has 0 fully saturated rings. The number of rotatable bonds is 5. The molecule has 0 spiro atoms. The number of benzene rings is 2. The second-order valence-corrected chi connectivity index (χ2v) is 6.29. The molecule has 0 aliphatic carbocycles. The summed E-state index contributed by atoms with van der Waals surface area (Å²) in [7, 11) is 3.62. The number of H-pyrrole nitrogens is 2. The van der Waals surface area contributed by atoms with Gasteiger partial charge in [0, 0.05) is 11.9 Å². The largest absolute Gasteiger partial charge is 0.497 e. The van der Waals surface area contributed by atoms with E-state index in [9.17, 15) is 4.79 Å². The Morgan fingerprint density at radius 3 is 2.77 bits per heavy atom. The Morgan fingerprint density at radius 2 is 1.92 bits per heavy atom. The van der Waals surface area contributed by atoms with Gasteiger partial charge in [-0.1, -0.05) is 12.1 Å². The van der Waals surface area contributed by atoms with Crippen LogP contribution < -0.4 is 10.3 Å². The van der Waals surface area contributed by atoms with E-state index in [-0.39, 0.29) is 5.56 Å². The van der Waals surface area contributed by atoms with Gasteiger partial charge in [-0.25, -0.2) is 4.98 Å². The molecular formula is C19H19N5O2. The highest BCUT2D eigenvalue weighted by molar-refractivity contribution is 5.82. The molecule has 7 heteroatoms. The van der Waals surface area contributed by atoms with Crippen LogP contribution in [0.4, 0.5) is 0 Å². The average molecular weight is 349 g/mol. The molecule has 2 N–H and O–H groups in total. The Bertz CT molecular complexity index is 1130. The number of fused-ring (bicyclic) bond motifs is 2. The Kier molecular flexibility index (Phi) is 4.14. The van der Waals surface area contributed by atoms with E-state index in [2.05, 4.69) is 25.1 Å². The Hall–Kier alpha value is -3.19. The zero-order chi connectivity index (χ0) is 18.1. The van der Waals surface area contributed by atoms with Crippen molar-refractivity contribution < 1.29 is 4.74 Å². The number of ether oxygens (including phenoxy) is 1. The summed E-state index contributed by atoms with van der Waals surface area (Å²) >= 11 is 0. The number of hydrogen-bond acceptors (Lipinski definition) is 5. The van der Waals surface area contributed by atoms with Crippen LogP contribution in [0.2, 0.25) is 0 Å². The van der Waals surface area contributed by atoms with Gasteiger partial charge in [-0.05, 0) is 37.4 Å². The topological polar surface area (TPSA) is 86.9 Å². The monoisotopic (exact) mass is 349 g/mol. The van der Waals surface area contributed by atoms with E-state index in [0.29, 0.717) is 29.8 Å². The molecule has 26 heavy (non-hydrogen) atoms. The number of nitrogens with one attached hydrogen (secondary N) is 2. The van der Waals surface area contributed by atoms with E-state index in [0.717, 1.165) is 22.3 Å². The van der Waals surface area contributed by atoms with Crippen LogP contribution in [0.15, 0.2) is 47.3 Å². The Balaban J connectivity index is 1.58. The smallest absolute Gasteiger partial charge is 0.258 e. The molecule has 2 heterocycles. The summed E-state index contributed by atoms with van der Waals surface area (Å²) in [4.78, 5) is 21.7. The summed E-state index contributed by atoms with van der Waals surface area (Å²) in [5, 5.41) is 9.04. The maximum absolute atomic E-state index is 12.2. The fraction of sp³-hybridized carbons (Fsp3) is 0.211. The van der Waals surface area contributed by atoms with Gasteiger partial charge in [-0.3, -0.25) is 14.8 Å². The number of methoxy groups -OCH3 is 1. The number of hydrogen-bond donors (Lipinski definition) is 2. The van der Waals surface area contributed by atoms with Crippen molar-refractivity contribution in [3.8, 4) is 5.75 Å². The zero-order valence-corrected chi connectivity index (χ0v) is 14.6. The molecule has 4 rings (SSSR count). The Morgan fingerprint density at radius 1 is 1.08 bits per heavy atom. The normalized spacial score (nSPS) is 11.5. The maximum atomic E-state index is 12.2. The first-order valence-electron chi connectivity index (χ1n) is 8.31. The van der Waals surface area contributed by atoms with Crippen molar-refractivity contribution in [2.75, 3.05) is 14.2 Å². The van der Waals surface area contributed by atoms with Crippen LogP contribution in [-0.4, -0.2) is 39.2 Å². The number of para-hydroxylation sites is 1. The van der Waals surface area contributed by atoms with Gasteiger partial charge in [0.2, 0.25) is 0 Å². The average Bonchev–Trinajstić information content (AvgIpc) is 3.03. The van der Waals surface area contributed by atoms with Crippen LogP contribution in [0.3, 0.4) is 0 Å². The lowest BCUT2D eigenvalue weighted by atomic mass is 10.2. The van der Waals surface area contributed by atoms with E-state index in [1.807, 2.05) is 43.4 Å². The van der Waals surface area contributed by atoms with Gasteiger partial charge in [0.15, 0.2) is 0 Å². The highest BCUT2D eigenvalue weighted by Gasteiger charge is 2.11. The molecule has 132 valence electrons. The minimum Gasteiger partial charge on any atom is -0.497 e. The lowest BCUT2D eigenvalue weighted by Crippen LogP contribution is -2.22. The van der Waals surface area contributed by atoms with Crippen LogP contribution in [-0.2, 0) is 13.1 Å². The first kappa shape index (κ1) is 16.3. The van der Waals surface area contributed by atoms with Gasteiger partial charge in [0.25, 0.3) is 5.56 Å². The highest BCUT2D eigenvalue weighted by atomic mass is 16.5. The molecular weight excluding hydrogens is 330 g/mol. The van der Waals surface area contributed by atoms with Crippen molar-refractivity contribution in [3.63, 3.8) is 0 Å². The third kappa shape index (κ3) is 3.04. The van der Waals surface area contributed by atoms with E-state index in [4.69, 9.17) is 4.74 Å². The van der Waals surface area contributed by atoms with Crippen molar-refractivity contribution >= 4 is 21.8 Å². The van der Waals surface area contributed by atoms with Crippen LogP contribution in [0.5, 0.6) is 5.75 Å². The number of aromatic nitrogens is 4. The molecule has 0 atom stereocenters. The summed E-state index contributed by atoms with van der Waals surface area (Å²) in [6, 6.07) is 13.1. The summed E-state index contributed by atoms with van der Waals surface area (Å²) in [5.74, 6) is 1.43. The van der Waals surface area contributed by atoms with Crippen LogP contribution >= 0.6 is 0 Å². The van der Waals surface area contributed by atoms with E-state index in [1.165, 1.54) is 0 Å². The summed E-state index contributed by atoms with van der Waals surface area (Å²) in [6.07, 6.45) is 0. The molecule has 4 aromatic rings. The fourth-order valence-corrected chi connectivity index (χ4v) is 3.08. The van der Waals surface area contributed by atoms with E-state index >= 15 is 0 Å². The van der Waals surface area contributed by atoms with Crippen molar-refractivity contribution in [2.45, 2.75) is 13.1 Å². The molecule has 0 aliphatic rings. The standard InChI is InChI=1S/C19H19N5O2/c1-24(10-17-14-9-12(26-2)7-8-16(14)22-23-17)11-18-20-15-6-4-3-5-13(15)19(25)21-18/h3-9H,10-11H2,1-2H3,(H,22,23)(H,20,21,25). The van der Waals surface area contributed by atoms with E-state index < -0.39 is 0 Å². The van der Waals surface area contributed by atoms with Gasteiger partial charge in [-0.2, -0.15) is 5.10 Å². The molecule has 2 aromatic heterocycles. The predicted octanol–water partition coefficient (Wildman–Crippen LogP) is 2.44. The predicted molar refractivity (Wildman–Crippen MR) is 100 cm³/mol. The van der Waals surface area contributed by atoms with Crippen LogP contribution in [0, 0.1) is 0 Å². The first-order chi connectivity index (χ1) is 12.6. The third-order valence-corrected chi connectivity index (χ3v) is 4.35. The van der Waals surface area contributed by atoms with Crippen LogP contribution in [0.1, 0.15) is 11.5 Å². The van der Waals surface area contributed by atoms with Gasteiger partial charge in [0.1, 0.15) is 11.6 Å². The molecule has 0 amide bonds. The van der Waals surface area contributed by atoms with Gasteiger partial charge in [0.05, 0.1) is 35.8 Å². The van der Waals surface area contributed by atoms with Gasteiger partial charge in [-0.15, -0.1) is 0 Å². The van der Waals surface area contributed by atoms with Gasteiger partial charge < -0.3 is 9.72 Å². The lowest BCUT2D eigenvalue weighted by molar-refractivity contribution is 0.308. The molecule has 0 saturated carbocycles. The summed E-state index contributed by atoms with van der Waals surface area (Å²) < 4.78 is 5.30. The number of aromatic amines is 2. The molecule has 0 saturated heterocycles. The Labute approximate surface area is 149 Å². The molecule has 0 unspecified atom stereocenters. The molecule has 0 aliphatic heterocycles. The second-order valence-electron chi connectivity index (χ2n) is 6.29. The molecule has 2 aromatic carbocycles. The molecule has 7 nitrogen and oxygen atoms in total. The second kappa shape index (κ2) is 6.61. The quantitative estimate of drug-likeness (QED) is 0.578. The van der Waals surface area contributed by atoms with Crippen LogP contribution in [0.25, 0.3) is 21.8 Å². The SMILES string of the molecule is COc1ccc2n[nH]c(CN(C)Cc3nc4ccccc4c(=O)[nH]3)c2c1.